The lowest BCUT2D eigenvalue weighted by Crippen LogP contribution is -2.31. The maximum Gasteiger partial charge on any atom is 0.246 e. The van der Waals surface area contributed by atoms with Gasteiger partial charge in [-0.1, -0.05) is 22.0 Å². The fourth-order valence-corrected chi connectivity index (χ4v) is 2.19. The van der Waals surface area contributed by atoms with Crippen molar-refractivity contribution in [3.05, 3.63) is 58.1 Å². The molecule has 2 aromatic carbocycles. The van der Waals surface area contributed by atoms with E-state index in [4.69, 9.17) is 0 Å². The van der Waals surface area contributed by atoms with Gasteiger partial charge in [-0.25, -0.2) is 0 Å². The Hall–Kier alpha value is -1.81. The summed E-state index contributed by atoms with van der Waals surface area (Å²) in [6.45, 7) is 5.99. The summed E-state index contributed by atoms with van der Waals surface area (Å²) in [6.07, 6.45) is 0. The molecular formula is C17H19BrN2O. The van der Waals surface area contributed by atoms with Crippen molar-refractivity contribution in [2.45, 2.75) is 26.8 Å². The fourth-order valence-electron chi connectivity index (χ4n) is 1.93. The number of carbonyl (C=O) groups excluding carboxylic acids is 1. The van der Waals surface area contributed by atoms with Crippen molar-refractivity contribution in [2.24, 2.45) is 0 Å². The second-order valence-corrected chi connectivity index (χ2v) is 6.08. The monoisotopic (exact) mass is 346 g/mol. The Morgan fingerprint density at radius 2 is 1.62 bits per heavy atom. The van der Waals surface area contributed by atoms with Gasteiger partial charge in [-0.05, 0) is 68.3 Å². The predicted molar refractivity (Wildman–Crippen MR) is 91.8 cm³/mol. The molecule has 1 unspecified atom stereocenters. The molecule has 2 aromatic rings. The Balaban J connectivity index is 1.98. The number of amides is 1. The van der Waals surface area contributed by atoms with Gasteiger partial charge in [0.2, 0.25) is 5.91 Å². The molecule has 0 fully saturated rings. The Kier molecular flexibility index (Phi) is 5.02. The molecule has 2 N–H and O–H groups in total. The zero-order chi connectivity index (χ0) is 15.4. The van der Waals surface area contributed by atoms with Crippen LogP contribution >= 0.6 is 15.9 Å². The summed E-state index contributed by atoms with van der Waals surface area (Å²) in [5, 5.41) is 6.11. The number of anilines is 2. The second kappa shape index (κ2) is 6.76. The zero-order valence-electron chi connectivity index (χ0n) is 12.4. The number of halogens is 1. The van der Waals surface area contributed by atoms with E-state index in [1.165, 1.54) is 11.1 Å². The van der Waals surface area contributed by atoms with Crippen molar-refractivity contribution in [1.82, 2.24) is 0 Å². The number of nitrogens with one attached hydrogen (secondary N) is 2. The molecule has 0 bridgehead atoms. The third kappa shape index (κ3) is 4.33. The Bertz CT molecular complexity index is 638. The topological polar surface area (TPSA) is 41.1 Å². The van der Waals surface area contributed by atoms with Crippen LogP contribution in [0.2, 0.25) is 0 Å². The third-order valence-electron chi connectivity index (χ3n) is 3.40. The van der Waals surface area contributed by atoms with Crippen LogP contribution in [0.25, 0.3) is 0 Å². The summed E-state index contributed by atoms with van der Waals surface area (Å²) in [4.78, 5) is 12.2. The van der Waals surface area contributed by atoms with Gasteiger partial charge in [0.05, 0.1) is 0 Å². The largest absolute Gasteiger partial charge is 0.374 e. The van der Waals surface area contributed by atoms with E-state index in [0.717, 1.165) is 15.8 Å². The fraction of sp³-hybridized carbons (Fsp3) is 0.235. The van der Waals surface area contributed by atoms with Gasteiger partial charge in [0.25, 0.3) is 0 Å². The van der Waals surface area contributed by atoms with Crippen LogP contribution in [0.3, 0.4) is 0 Å². The molecule has 0 spiro atoms. The van der Waals surface area contributed by atoms with Crippen LogP contribution in [0.1, 0.15) is 18.1 Å². The predicted octanol–water partition coefficient (Wildman–Crippen LogP) is 4.51. The molecule has 2 rings (SSSR count). The van der Waals surface area contributed by atoms with Crippen molar-refractivity contribution in [1.29, 1.82) is 0 Å². The summed E-state index contributed by atoms with van der Waals surface area (Å²) in [6, 6.07) is 13.3. The molecule has 0 saturated carbocycles. The minimum atomic E-state index is -0.309. The number of carbonyl (C=O) groups is 1. The minimum Gasteiger partial charge on any atom is -0.374 e. The van der Waals surface area contributed by atoms with Crippen LogP contribution < -0.4 is 10.6 Å². The zero-order valence-corrected chi connectivity index (χ0v) is 14.0. The molecule has 110 valence electrons. The molecule has 0 saturated heterocycles. The normalized spacial score (nSPS) is 11.8. The summed E-state index contributed by atoms with van der Waals surface area (Å²) in [5.41, 5.74) is 4.20. The number of hydrogen-bond acceptors (Lipinski definition) is 2. The Morgan fingerprint density at radius 3 is 2.24 bits per heavy atom. The van der Waals surface area contributed by atoms with Crippen molar-refractivity contribution in [3.8, 4) is 0 Å². The lowest BCUT2D eigenvalue weighted by atomic mass is 10.1. The maximum atomic E-state index is 12.2. The van der Waals surface area contributed by atoms with E-state index < -0.39 is 0 Å². The third-order valence-corrected chi connectivity index (χ3v) is 3.92. The van der Waals surface area contributed by atoms with Gasteiger partial charge in [0.15, 0.2) is 0 Å². The van der Waals surface area contributed by atoms with Crippen LogP contribution in [0.15, 0.2) is 46.9 Å². The molecule has 3 nitrogen and oxygen atoms in total. The van der Waals surface area contributed by atoms with Gasteiger partial charge in [0.1, 0.15) is 6.04 Å². The maximum absolute atomic E-state index is 12.2. The standard InChI is InChI=1S/C17H19BrN2O/c1-11-4-7-16(10-12(11)2)19-13(3)17(21)20-15-8-5-14(18)6-9-15/h4-10,13,19H,1-3H3,(H,20,21). The first-order chi connectivity index (χ1) is 9.95. The molecule has 0 heterocycles. The lowest BCUT2D eigenvalue weighted by molar-refractivity contribution is -0.116. The molecule has 0 aromatic heterocycles. The van der Waals surface area contributed by atoms with Crippen molar-refractivity contribution in [3.63, 3.8) is 0 Å². The highest BCUT2D eigenvalue weighted by molar-refractivity contribution is 9.10. The average Bonchev–Trinajstić information content (AvgIpc) is 2.45. The van der Waals surface area contributed by atoms with E-state index in [1.54, 1.807) is 0 Å². The summed E-state index contributed by atoms with van der Waals surface area (Å²) in [5.74, 6) is -0.0597. The molecule has 4 heteroatoms. The molecule has 0 aliphatic carbocycles. The van der Waals surface area contributed by atoms with E-state index >= 15 is 0 Å². The van der Waals surface area contributed by atoms with E-state index in [9.17, 15) is 4.79 Å². The van der Waals surface area contributed by atoms with E-state index in [0.29, 0.717) is 0 Å². The first-order valence-electron chi connectivity index (χ1n) is 6.86. The summed E-state index contributed by atoms with van der Waals surface area (Å²) in [7, 11) is 0. The summed E-state index contributed by atoms with van der Waals surface area (Å²) >= 11 is 3.37. The van der Waals surface area contributed by atoms with E-state index in [2.05, 4.69) is 52.5 Å². The first kappa shape index (κ1) is 15.6. The van der Waals surface area contributed by atoms with Gasteiger partial charge < -0.3 is 10.6 Å². The van der Waals surface area contributed by atoms with Crippen LogP contribution in [0.5, 0.6) is 0 Å². The van der Waals surface area contributed by atoms with Gasteiger partial charge in [0, 0.05) is 15.8 Å². The highest BCUT2D eigenvalue weighted by atomic mass is 79.9. The van der Waals surface area contributed by atoms with Crippen LogP contribution in [-0.2, 0) is 4.79 Å². The number of aryl methyl sites for hydroxylation is 2. The van der Waals surface area contributed by atoms with Crippen molar-refractivity contribution >= 4 is 33.2 Å². The molecule has 0 aliphatic rings. The van der Waals surface area contributed by atoms with Crippen LogP contribution in [0, 0.1) is 13.8 Å². The SMILES string of the molecule is Cc1ccc(NC(C)C(=O)Nc2ccc(Br)cc2)cc1C. The first-order valence-corrected chi connectivity index (χ1v) is 7.65. The van der Waals surface area contributed by atoms with Crippen LogP contribution in [-0.4, -0.2) is 11.9 Å². The van der Waals surface area contributed by atoms with Gasteiger partial charge in [-0.15, -0.1) is 0 Å². The molecule has 1 amide bonds. The number of hydrogen-bond donors (Lipinski definition) is 2. The van der Waals surface area contributed by atoms with Gasteiger partial charge in [-0.2, -0.15) is 0 Å². The highest BCUT2D eigenvalue weighted by Gasteiger charge is 2.13. The Morgan fingerprint density at radius 1 is 1.00 bits per heavy atom. The molecule has 1 atom stereocenters. The molecule has 0 aliphatic heterocycles. The number of benzene rings is 2. The van der Waals surface area contributed by atoms with Crippen LogP contribution in [0.4, 0.5) is 11.4 Å². The Labute approximate surface area is 133 Å². The van der Waals surface area contributed by atoms with E-state index in [1.807, 2.05) is 37.3 Å². The average molecular weight is 347 g/mol. The molecular weight excluding hydrogens is 328 g/mol. The second-order valence-electron chi connectivity index (χ2n) is 5.16. The van der Waals surface area contributed by atoms with Crippen molar-refractivity contribution < 1.29 is 4.79 Å². The number of rotatable bonds is 4. The highest BCUT2D eigenvalue weighted by Crippen LogP contribution is 2.17. The van der Waals surface area contributed by atoms with Gasteiger partial charge >= 0.3 is 0 Å². The summed E-state index contributed by atoms with van der Waals surface area (Å²) < 4.78 is 0.988. The lowest BCUT2D eigenvalue weighted by Gasteiger charge is -2.16. The van der Waals surface area contributed by atoms with E-state index in [-0.39, 0.29) is 11.9 Å². The quantitative estimate of drug-likeness (QED) is 0.855. The van der Waals surface area contributed by atoms with Crippen molar-refractivity contribution in [2.75, 3.05) is 10.6 Å². The van der Waals surface area contributed by atoms with Gasteiger partial charge in [-0.3, -0.25) is 4.79 Å². The molecule has 21 heavy (non-hydrogen) atoms. The smallest absolute Gasteiger partial charge is 0.246 e. The minimum absolute atomic E-state index is 0.0597. The molecule has 0 radical (unpaired) electrons.